The molecule has 0 spiro atoms. The average molecular weight is 995 g/mol. The molecular formula is C35H27AlF24O4. The fourth-order valence-corrected chi connectivity index (χ4v) is 8.46. The van der Waals surface area contributed by atoms with Gasteiger partial charge in [-0.05, 0) is 100 Å². The average Bonchev–Trinajstić information content (AvgIpc) is 3.09. The Morgan fingerprint density at radius 1 is 0.281 bits per heavy atom. The van der Waals surface area contributed by atoms with Crippen molar-refractivity contribution in [2.24, 2.45) is 0 Å². The van der Waals surface area contributed by atoms with Gasteiger partial charge in [-0.2, -0.15) is 105 Å². The Labute approximate surface area is 348 Å². The zero-order chi connectivity index (χ0) is 50.2. The second-order valence-electron chi connectivity index (χ2n) is 13.6. The van der Waals surface area contributed by atoms with Crippen LogP contribution in [0.25, 0.3) is 0 Å². The van der Waals surface area contributed by atoms with Gasteiger partial charge in [0.15, 0.2) is 0 Å². The Morgan fingerprint density at radius 2 is 0.422 bits per heavy atom. The molecule has 0 heterocycles. The monoisotopic (exact) mass is 994 g/mol. The van der Waals surface area contributed by atoms with Crippen LogP contribution in [0.1, 0.15) is 44.4 Å². The van der Waals surface area contributed by atoms with Crippen LogP contribution in [0.15, 0.2) is 91.0 Å². The summed E-state index contributed by atoms with van der Waals surface area (Å²) < 4.78 is 335. The molecule has 0 bridgehead atoms. The van der Waals surface area contributed by atoms with E-state index in [2.05, 4.69) is 106 Å². The Bertz CT molecular complexity index is 1620. The quantitative estimate of drug-likeness (QED) is 0.0830. The molecule has 3 aromatic rings. The molecule has 0 saturated heterocycles. The lowest BCUT2D eigenvalue weighted by Crippen LogP contribution is -2.76. The zero-order valence-electron chi connectivity index (χ0n) is 31.9. The third-order valence-electron chi connectivity index (χ3n) is 9.04. The van der Waals surface area contributed by atoms with Gasteiger partial charge < -0.3 is 15.2 Å². The van der Waals surface area contributed by atoms with Crippen molar-refractivity contribution in [1.82, 2.24) is 0 Å². The smallest absolute Gasteiger partial charge is 0.569 e. The van der Waals surface area contributed by atoms with Crippen molar-refractivity contribution < 1.29 is 121 Å². The highest BCUT2D eigenvalue weighted by atomic mass is 27.3. The lowest BCUT2D eigenvalue weighted by Gasteiger charge is -2.56. The number of rotatable bonds is 11. The highest BCUT2D eigenvalue weighted by Crippen LogP contribution is 2.57. The van der Waals surface area contributed by atoms with Crippen LogP contribution in [0.2, 0.25) is 0 Å². The predicted molar refractivity (Wildman–Crippen MR) is 172 cm³/mol. The minimum Gasteiger partial charge on any atom is -0.569 e. The van der Waals surface area contributed by atoms with E-state index in [-0.39, 0.29) is 0 Å². The van der Waals surface area contributed by atoms with Crippen LogP contribution in [0.3, 0.4) is 0 Å². The number of hydrogen-bond acceptors (Lipinski definition) is 4. The molecule has 0 fully saturated rings. The molecule has 0 saturated carbocycles. The summed E-state index contributed by atoms with van der Waals surface area (Å²) in [6, 6.07) is 31.6. The molecule has 4 nitrogen and oxygen atoms in total. The van der Waals surface area contributed by atoms with Gasteiger partial charge in [0.2, 0.25) is 22.4 Å². The van der Waals surface area contributed by atoms with Gasteiger partial charge in [0.05, 0.1) is 22.6 Å². The van der Waals surface area contributed by atoms with Gasteiger partial charge in [-0.15, -0.1) is 0 Å². The van der Waals surface area contributed by atoms with Gasteiger partial charge in [0.25, 0.3) is 0 Å². The van der Waals surface area contributed by atoms with Crippen molar-refractivity contribution in [3.05, 3.63) is 114 Å². The summed E-state index contributed by atoms with van der Waals surface area (Å²) in [5.41, 5.74) is -23.8. The Balaban J connectivity index is 0.000000603. The first-order valence-corrected chi connectivity index (χ1v) is 18.7. The minimum absolute atomic E-state index is 1.25. The summed E-state index contributed by atoms with van der Waals surface area (Å²) in [6.07, 6.45) is -60.7. The van der Waals surface area contributed by atoms with Crippen molar-refractivity contribution >= 4 is 14.4 Å². The largest absolute Gasteiger partial charge is 0.878 e. The molecule has 0 radical (unpaired) electrons. The van der Waals surface area contributed by atoms with Crippen LogP contribution in [0, 0.1) is 5.92 Å². The van der Waals surface area contributed by atoms with E-state index in [1.165, 1.54) is 22.6 Å². The fourth-order valence-electron chi connectivity index (χ4n) is 4.79. The number of hydrogen-bond donors (Lipinski definition) is 0. The molecule has 0 aromatic heterocycles. The second kappa shape index (κ2) is 18.1. The van der Waals surface area contributed by atoms with Gasteiger partial charge in [0, 0.05) is 0 Å². The first-order chi connectivity index (χ1) is 28.3. The van der Waals surface area contributed by atoms with Gasteiger partial charge in [0.1, 0.15) is 0 Å². The Kier molecular flexibility index (Phi) is 16.0. The molecule has 0 unspecified atom stereocenters. The summed E-state index contributed by atoms with van der Waals surface area (Å²) in [5.74, 6) is 1.28. The topological polar surface area (TPSA) is 36.9 Å². The van der Waals surface area contributed by atoms with Gasteiger partial charge >= 0.3 is 63.8 Å². The van der Waals surface area contributed by atoms with Gasteiger partial charge in [-0.3, -0.25) is 0 Å². The molecule has 0 atom stereocenters. The number of alkyl halides is 24. The van der Waals surface area contributed by atoms with Crippen LogP contribution in [-0.2, 0) is 15.2 Å². The number of halogens is 24. The van der Waals surface area contributed by atoms with E-state index in [1.54, 1.807) is 0 Å². The normalized spacial score (nSPS) is 14.8. The Hall–Kier alpha value is -3.78. The molecule has 3 rings (SSSR count). The molecule has 3 aromatic carbocycles. The predicted octanol–water partition coefficient (Wildman–Crippen LogP) is 13.7. The lowest BCUT2D eigenvalue weighted by molar-refractivity contribution is -0.425. The maximum atomic E-state index is 13.5. The molecule has 0 aliphatic rings. The van der Waals surface area contributed by atoms with Crippen LogP contribution < -0.4 is 0 Å². The summed E-state index contributed by atoms with van der Waals surface area (Å²) in [4.78, 5) is 0. The zero-order valence-corrected chi connectivity index (χ0v) is 33.1. The standard InChI is InChI=1S/C19H15.4C4H3F6O.Al/c1-4-10-16(11-5-1)19(17-12-6-2-7-13-17)18-14-8-3-9-15-18;4*1-2(11,3(5,6)7)4(8,9)10;/h1-15H;4*1H3;/q+1;4*-1;+3. The maximum absolute atomic E-state index is 13.5. The van der Waals surface area contributed by atoms with E-state index in [0.29, 0.717) is 0 Å². The number of benzene rings is 3. The molecule has 0 N–H and O–H groups in total. The molecule has 0 aliphatic carbocycles. The van der Waals surface area contributed by atoms with Crippen LogP contribution in [0.5, 0.6) is 0 Å². The van der Waals surface area contributed by atoms with E-state index >= 15 is 0 Å². The van der Waals surface area contributed by atoms with E-state index in [4.69, 9.17) is 0 Å². The summed E-state index contributed by atoms with van der Waals surface area (Å²) in [7, 11) is 0. The van der Waals surface area contributed by atoms with E-state index in [0.717, 1.165) is 0 Å². The molecule has 29 heteroatoms. The van der Waals surface area contributed by atoms with Crippen LogP contribution in [-0.4, -0.2) is 86.2 Å². The van der Waals surface area contributed by atoms with E-state index in [1.807, 2.05) is 0 Å². The maximum Gasteiger partial charge on any atom is 0.878 e. The van der Waals surface area contributed by atoms with Crippen LogP contribution in [0.4, 0.5) is 105 Å². The van der Waals surface area contributed by atoms with Crippen molar-refractivity contribution in [3.8, 4) is 0 Å². The van der Waals surface area contributed by atoms with Crippen molar-refractivity contribution in [1.29, 1.82) is 0 Å². The van der Waals surface area contributed by atoms with Gasteiger partial charge in [-0.1, -0.05) is 18.2 Å². The first kappa shape index (κ1) is 56.4. The third kappa shape index (κ3) is 11.6. The molecule has 64 heavy (non-hydrogen) atoms. The van der Waals surface area contributed by atoms with Crippen LogP contribution >= 0.6 is 0 Å². The second-order valence-corrected chi connectivity index (χ2v) is 15.7. The fraction of sp³-hybridized carbons (Fsp3) is 0.457. The molecular weight excluding hydrogens is 967 g/mol. The first-order valence-electron chi connectivity index (χ1n) is 16.8. The molecule has 362 valence electrons. The van der Waals surface area contributed by atoms with Crippen molar-refractivity contribution in [2.75, 3.05) is 0 Å². The highest BCUT2D eigenvalue weighted by Gasteiger charge is 2.83. The minimum atomic E-state index is -10.4. The van der Waals surface area contributed by atoms with Crippen molar-refractivity contribution in [2.45, 2.75) is 99.5 Å². The summed E-state index contributed by atoms with van der Waals surface area (Å²) in [5, 5.41) is 0. The Morgan fingerprint density at radius 3 is 0.547 bits per heavy atom. The highest BCUT2D eigenvalue weighted by molar-refractivity contribution is 6.54. The summed E-state index contributed by atoms with van der Waals surface area (Å²) >= 11 is -10.4. The van der Waals surface area contributed by atoms with E-state index in [9.17, 15) is 105 Å². The molecule has 0 aliphatic heterocycles. The van der Waals surface area contributed by atoms with Crippen molar-refractivity contribution in [3.63, 3.8) is 0 Å². The lowest BCUT2D eigenvalue weighted by atomic mass is 9.85. The summed E-state index contributed by atoms with van der Waals surface area (Å²) in [6.45, 7) is -6.75. The SMILES string of the molecule is CC([O][Al-]([O]C(C)(C(F)(F)F)C(F)(F)F)([O]C(C)(C(F)(F)F)C(F)(F)F)[O]C(C)(C(F)(F)F)C(F)(F)F)(C(F)(F)F)C(F)(F)F.c1ccc([C+](c2ccccc2)c2ccccc2)cc1. The molecule has 0 amide bonds. The van der Waals surface area contributed by atoms with E-state index < -0.39 is 114 Å². The third-order valence-corrected chi connectivity index (χ3v) is 12.1. The van der Waals surface area contributed by atoms with Gasteiger partial charge in [-0.25, -0.2) is 0 Å².